The molecule has 1 saturated heterocycles. The van der Waals surface area contributed by atoms with Gasteiger partial charge in [0.1, 0.15) is 0 Å². The third-order valence-corrected chi connectivity index (χ3v) is 7.08. The highest BCUT2D eigenvalue weighted by atomic mass is 35.5. The van der Waals surface area contributed by atoms with Crippen molar-refractivity contribution in [1.82, 2.24) is 14.6 Å². The number of carbonyl (C=O) groups excluding carboxylic acids is 1. The number of benzene rings is 1. The van der Waals surface area contributed by atoms with E-state index in [9.17, 15) is 13.2 Å². The van der Waals surface area contributed by atoms with E-state index in [0.717, 1.165) is 11.3 Å². The number of pyridine rings is 1. The van der Waals surface area contributed by atoms with Gasteiger partial charge in [0, 0.05) is 30.2 Å². The van der Waals surface area contributed by atoms with E-state index in [1.807, 2.05) is 18.2 Å². The maximum atomic E-state index is 12.8. The first-order valence-corrected chi connectivity index (χ1v) is 10.6. The highest BCUT2D eigenvalue weighted by molar-refractivity contribution is 7.89. The lowest BCUT2D eigenvalue weighted by Crippen LogP contribution is -2.42. The molecule has 2 aromatic rings. The van der Waals surface area contributed by atoms with Gasteiger partial charge >= 0.3 is 0 Å². The number of halogens is 1. The summed E-state index contributed by atoms with van der Waals surface area (Å²) >= 11 is 5.99. The van der Waals surface area contributed by atoms with Crippen LogP contribution in [0.25, 0.3) is 0 Å². The van der Waals surface area contributed by atoms with Crippen molar-refractivity contribution in [2.24, 2.45) is 5.92 Å². The number of piperidine rings is 1. The predicted molar refractivity (Wildman–Crippen MR) is 104 cm³/mol. The Morgan fingerprint density at radius 1 is 1.26 bits per heavy atom. The molecule has 2 heterocycles. The van der Waals surface area contributed by atoms with E-state index in [-0.39, 0.29) is 16.7 Å². The topological polar surface area (TPSA) is 79.4 Å². The molecule has 1 amide bonds. The molecular weight excluding hydrogens is 386 g/mol. The Labute approximate surface area is 164 Å². The van der Waals surface area contributed by atoms with Crippen molar-refractivity contribution >= 4 is 27.5 Å². The molecule has 1 fully saturated rings. The van der Waals surface area contributed by atoms with Crippen molar-refractivity contribution in [3.05, 3.63) is 58.9 Å². The molecule has 144 valence electrons. The molecule has 1 aliphatic rings. The number of aromatic nitrogens is 1. The van der Waals surface area contributed by atoms with E-state index in [1.165, 1.54) is 10.4 Å². The largest absolute Gasteiger partial charge is 0.350 e. The average molecular weight is 408 g/mol. The van der Waals surface area contributed by atoms with Gasteiger partial charge < -0.3 is 5.32 Å². The lowest BCUT2D eigenvalue weighted by Gasteiger charge is -2.30. The molecule has 8 heteroatoms. The Balaban J connectivity index is 1.57. The van der Waals surface area contributed by atoms with Crippen LogP contribution < -0.4 is 5.32 Å². The second kappa shape index (κ2) is 8.37. The molecule has 0 aliphatic carbocycles. The summed E-state index contributed by atoms with van der Waals surface area (Å²) in [7, 11) is -3.57. The predicted octanol–water partition coefficient (Wildman–Crippen LogP) is 2.76. The smallest absolute Gasteiger partial charge is 0.243 e. The third kappa shape index (κ3) is 4.66. The van der Waals surface area contributed by atoms with Crippen molar-refractivity contribution in [3.63, 3.8) is 0 Å². The molecule has 0 radical (unpaired) electrons. The molecule has 0 unspecified atom stereocenters. The molecule has 0 atom stereocenters. The van der Waals surface area contributed by atoms with Crippen LogP contribution in [0.4, 0.5) is 0 Å². The number of hydrogen-bond acceptors (Lipinski definition) is 4. The van der Waals surface area contributed by atoms with Crippen LogP contribution >= 0.6 is 11.6 Å². The zero-order valence-corrected chi connectivity index (χ0v) is 16.6. The van der Waals surface area contributed by atoms with E-state index < -0.39 is 10.0 Å². The van der Waals surface area contributed by atoms with E-state index in [1.54, 1.807) is 25.3 Å². The summed E-state index contributed by atoms with van der Waals surface area (Å²) in [6, 6.07) is 10.3. The van der Waals surface area contributed by atoms with Crippen LogP contribution in [0.1, 0.15) is 24.1 Å². The van der Waals surface area contributed by atoms with Crippen molar-refractivity contribution in [2.75, 3.05) is 13.1 Å². The van der Waals surface area contributed by atoms with Gasteiger partial charge in [0.2, 0.25) is 15.9 Å². The standard InChI is InChI=1S/C19H22ClN3O3S/c1-14-12-17(5-6-18(14)20)27(25,26)23-10-7-15(8-11-23)19(24)22-13-16-4-2-3-9-21-16/h2-6,9,12,15H,7-8,10-11,13H2,1H3,(H,22,24). The van der Waals surface area contributed by atoms with E-state index in [4.69, 9.17) is 11.6 Å². The van der Waals surface area contributed by atoms with Crippen LogP contribution in [0.3, 0.4) is 0 Å². The van der Waals surface area contributed by atoms with Crippen molar-refractivity contribution in [1.29, 1.82) is 0 Å². The molecule has 1 N–H and O–H groups in total. The first kappa shape index (κ1) is 19.8. The van der Waals surface area contributed by atoms with Crippen molar-refractivity contribution in [3.8, 4) is 0 Å². The quantitative estimate of drug-likeness (QED) is 0.826. The minimum Gasteiger partial charge on any atom is -0.350 e. The van der Waals surface area contributed by atoms with Crippen LogP contribution in [0, 0.1) is 12.8 Å². The summed E-state index contributed by atoms with van der Waals surface area (Å²) in [6.45, 7) is 2.80. The number of amides is 1. The Morgan fingerprint density at radius 2 is 2.00 bits per heavy atom. The number of nitrogens with one attached hydrogen (secondary N) is 1. The highest BCUT2D eigenvalue weighted by Gasteiger charge is 2.32. The Hall–Kier alpha value is -1.96. The molecule has 1 aliphatic heterocycles. The van der Waals surface area contributed by atoms with Crippen molar-refractivity contribution in [2.45, 2.75) is 31.2 Å². The van der Waals surface area contributed by atoms with Crippen LogP contribution in [0.5, 0.6) is 0 Å². The Bertz CT molecular complexity index is 911. The maximum absolute atomic E-state index is 12.8. The SMILES string of the molecule is Cc1cc(S(=O)(=O)N2CCC(C(=O)NCc3ccccn3)CC2)ccc1Cl. The number of aryl methyl sites for hydroxylation is 1. The van der Waals surface area contributed by atoms with E-state index in [2.05, 4.69) is 10.3 Å². The molecular formula is C19H22ClN3O3S. The van der Waals surface area contributed by atoms with Crippen LogP contribution in [-0.2, 0) is 21.4 Å². The van der Waals surface area contributed by atoms with Crippen LogP contribution in [-0.4, -0.2) is 36.7 Å². The van der Waals surface area contributed by atoms with E-state index >= 15 is 0 Å². The second-order valence-electron chi connectivity index (χ2n) is 6.63. The van der Waals surface area contributed by atoms with Gasteiger partial charge in [0.15, 0.2) is 0 Å². The third-order valence-electron chi connectivity index (χ3n) is 4.76. The lowest BCUT2D eigenvalue weighted by atomic mass is 9.97. The van der Waals surface area contributed by atoms with Gasteiger partial charge in [-0.05, 0) is 55.7 Å². The monoisotopic (exact) mass is 407 g/mol. The van der Waals surface area contributed by atoms with Gasteiger partial charge in [0.25, 0.3) is 0 Å². The van der Waals surface area contributed by atoms with Gasteiger partial charge in [-0.25, -0.2) is 8.42 Å². The average Bonchev–Trinajstić information content (AvgIpc) is 2.69. The van der Waals surface area contributed by atoms with Gasteiger partial charge in [-0.2, -0.15) is 4.31 Å². The molecule has 0 spiro atoms. The fraction of sp³-hybridized carbons (Fsp3) is 0.368. The molecule has 1 aromatic heterocycles. The fourth-order valence-corrected chi connectivity index (χ4v) is 4.78. The normalized spacial score (nSPS) is 16.2. The number of sulfonamides is 1. The van der Waals surface area contributed by atoms with Crippen molar-refractivity contribution < 1.29 is 13.2 Å². The summed E-state index contributed by atoms with van der Waals surface area (Å²) in [4.78, 5) is 16.8. The molecule has 0 bridgehead atoms. The number of rotatable bonds is 5. The lowest BCUT2D eigenvalue weighted by molar-refractivity contribution is -0.126. The van der Waals surface area contributed by atoms with Crippen LogP contribution in [0.2, 0.25) is 5.02 Å². The zero-order chi connectivity index (χ0) is 19.4. The minimum absolute atomic E-state index is 0.0555. The number of hydrogen-bond donors (Lipinski definition) is 1. The second-order valence-corrected chi connectivity index (χ2v) is 8.97. The molecule has 3 rings (SSSR count). The Kier molecular flexibility index (Phi) is 6.14. The summed E-state index contributed by atoms with van der Waals surface area (Å²) in [6.07, 6.45) is 2.68. The fourth-order valence-electron chi connectivity index (χ4n) is 3.11. The molecule has 27 heavy (non-hydrogen) atoms. The Morgan fingerprint density at radius 3 is 2.63 bits per heavy atom. The summed E-state index contributed by atoms with van der Waals surface area (Å²) in [5.74, 6) is -0.243. The molecule has 0 saturated carbocycles. The first-order chi connectivity index (χ1) is 12.9. The van der Waals surface area contributed by atoms with E-state index in [0.29, 0.717) is 37.5 Å². The summed E-state index contributed by atoms with van der Waals surface area (Å²) in [5, 5.41) is 3.42. The first-order valence-electron chi connectivity index (χ1n) is 8.82. The number of nitrogens with zero attached hydrogens (tertiary/aromatic N) is 2. The van der Waals surface area contributed by atoms with Gasteiger partial charge in [-0.3, -0.25) is 9.78 Å². The number of carbonyl (C=O) groups is 1. The summed E-state index contributed by atoms with van der Waals surface area (Å²) < 4.78 is 27.1. The molecule has 1 aromatic carbocycles. The van der Waals surface area contributed by atoms with Gasteiger partial charge in [0.05, 0.1) is 17.1 Å². The van der Waals surface area contributed by atoms with Crippen LogP contribution in [0.15, 0.2) is 47.5 Å². The highest BCUT2D eigenvalue weighted by Crippen LogP contribution is 2.26. The minimum atomic E-state index is -3.57. The van der Waals surface area contributed by atoms with Gasteiger partial charge in [-0.1, -0.05) is 17.7 Å². The van der Waals surface area contributed by atoms with Gasteiger partial charge in [-0.15, -0.1) is 0 Å². The maximum Gasteiger partial charge on any atom is 0.243 e. The summed E-state index contributed by atoms with van der Waals surface area (Å²) in [5.41, 5.74) is 1.52. The zero-order valence-electron chi connectivity index (χ0n) is 15.1. The molecule has 6 nitrogen and oxygen atoms in total.